The van der Waals surface area contributed by atoms with Gasteiger partial charge in [-0.1, -0.05) is 6.07 Å². The molecule has 0 saturated carbocycles. The Morgan fingerprint density at radius 3 is 2.79 bits per heavy atom. The van der Waals surface area contributed by atoms with Crippen molar-refractivity contribution < 1.29 is 18.3 Å². The highest BCUT2D eigenvalue weighted by Gasteiger charge is 2.28. The van der Waals surface area contributed by atoms with E-state index in [0.717, 1.165) is 0 Å². The van der Waals surface area contributed by atoms with Gasteiger partial charge < -0.3 is 14.1 Å². The molecule has 0 aliphatic carbocycles. The summed E-state index contributed by atoms with van der Waals surface area (Å²) in [5.41, 5.74) is 0.369. The lowest BCUT2D eigenvalue weighted by Gasteiger charge is -2.17. The van der Waals surface area contributed by atoms with Gasteiger partial charge >= 0.3 is 5.63 Å². The zero-order valence-corrected chi connectivity index (χ0v) is 13.5. The second-order valence-corrected chi connectivity index (χ2v) is 5.97. The maximum absolute atomic E-state index is 13.6. The minimum absolute atomic E-state index is 0.203. The molecule has 1 aromatic heterocycles. The van der Waals surface area contributed by atoms with Crippen LogP contribution in [0.25, 0.3) is 0 Å². The lowest BCUT2D eigenvalue weighted by molar-refractivity contribution is 0.0771. The number of rotatable bonds is 3. The molecule has 1 aromatic carbocycles. The second-order valence-electron chi connectivity index (χ2n) is 5.97. The number of hydrogen-bond donors (Lipinski definition) is 0. The van der Waals surface area contributed by atoms with E-state index in [4.69, 9.17) is 9.15 Å². The Labute approximate surface area is 138 Å². The minimum atomic E-state index is -0.467. The molecule has 24 heavy (non-hydrogen) atoms. The largest absolute Gasteiger partial charge is 0.488 e. The highest BCUT2D eigenvalue weighted by Crippen LogP contribution is 2.20. The molecular formula is C18H18FNO4. The molecule has 1 fully saturated rings. The molecule has 3 rings (SSSR count). The van der Waals surface area contributed by atoms with E-state index in [0.29, 0.717) is 42.1 Å². The number of benzene rings is 1. The molecule has 126 valence electrons. The minimum Gasteiger partial charge on any atom is -0.488 e. The SMILES string of the molecule is Cc1cc(OC2CCN(C(=O)c3ccc(C)c(F)c3)C2)cc(=O)o1. The standard InChI is InChI=1S/C18H18FNO4/c1-11-3-4-13(8-16(11)19)18(22)20-6-5-14(10-20)24-15-7-12(2)23-17(21)9-15/h3-4,7-9,14H,5-6,10H2,1-2H3. The van der Waals surface area contributed by atoms with Crippen LogP contribution in [-0.2, 0) is 0 Å². The number of aryl methyl sites for hydroxylation is 2. The summed E-state index contributed by atoms with van der Waals surface area (Å²) in [6.07, 6.45) is 0.449. The van der Waals surface area contributed by atoms with Crippen molar-refractivity contribution in [2.24, 2.45) is 0 Å². The molecule has 0 spiro atoms. The fourth-order valence-corrected chi connectivity index (χ4v) is 2.75. The Morgan fingerprint density at radius 2 is 2.08 bits per heavy atom. The fraction of sp³-hybridized carbons (Fsp3) is 0.333. The first kappa shape index (κ1) is 16.2. The molecule has 1 saturated heterocycles. The highest BCUT2D eigenvalue weighted by atomic mass is 19.1. The monoisotopic (exact) mass is 331 g/mol. The van der Waals surface area contributed by atoms with Gasteiger partial charge in [0.25, 0.3) is 5.91 Å². The van der Waals surface area contributed by atoms with Crippen LogP contribution in [0, 0.1) is 19.7 Å². The first-order chi connectivity index (χ1) is 11.4. The average Bonchev–Trinajstić information content (AvgIpc) is 2.96. The third-order valence-electron chi connectivity index (χ3n) is 4.02. The van der Waals surface area contributed by atoms with Crippen molar-refractivity contribution in [1.29, 1.82) is 0 Å². The predicted octanol–water partition coefficient (Wildman–Crippen LogP) is 2.69. The van der Waals surface area contributed by atoms with Gasteiger partial charge in [-0.3, -0.25) is 4.79 Å². The normalized spacial score (nSPS) is 17.1. The lowest BCUT2D eigenvalue weighted by atomic mass is 10.1. The summed E-state index contributed by atoms with van der Waals surface area (Å²) >= 11 is 0. The van der Waals surface area contributed by atoms with Crippen molar-refractivity contribution in [3.8, 4) is 5.75 Å². The van der Waals surface area contributed by atoms with Crippen molar-refractivity contribution >= 4 is 5.91 Å². The van der Waals surface area contributed by atoms with Gasteiger partial charge in [0, 0.05) is 24.6 Å². The van der Waals surface area contributed by atoms with Crippen molar-refractivity contribution in [2.75, 3.05) is 13.1 Å². The van der Waals surface area contributed by atoms with E-state index < -0.39 is 5.63 Å². The lowest BCUT2D eigenvalue weighted by Crippen LogP contribution is -2.31. The topological polar surface area (TPSA) is 59.8 Å². The van der Waals surface area contributed by atoms with Crippen LogP contribution in [0.2, 0.25) is 0 Å². The Bertz CT molecular complexity index is 830. The third-order valence-corrected chi connectivity index (χ3v) is 4.02. The molecule has 1 aliphatic heterocycles. The van der Waals surface area contributed by atoms with Crippen molar-refractivity contribution in [3.05, 3.63) is 63.5 Å². The Hall–Kier alpha value is -2.63. The summed E-state index contributed by atoms with van der Waals surface area (Å²) in [7, 11) is 0. The van der Waals surface area contributed by atoms with Gasteiger partial charge in [-0.2, -0.15) is 0 Å². The quantitative estimate of drug-likeness (QED) is 0.868. The molecular weight excluding hydrogens is 313 g/mol. The van der Waals surface area contributed by atoms with E-state index in [1.54, 1.807) is 36.9 Å². The van der Waals surface area contributed by atoms with Crippen LogP contribution in [0.5, 0.6) is 5.75 Å². The van der Waals surface area contributed by atoms with Crippen molar-refractivity contribution in [1.82, 2.24) is 4.90 Å². The van der Waals surface area contributed by atoms with Crippen LogP contribution in [0.3, 0.4) is 0 Å². The number of nitrogens with zero attached hydrogens (tertiary/aromatic N) is 1. The molecule has 6 heteroatoms. The van der Waals surface area contributed by atoms with E-state index in [-0.39, 0.29) is 17.8 Å². The summed E-state index contributed by atoms with van der Waals surface area (Å²) in [4.78, 5) is 25.4. The number of amides is 1. The van der Waals surface area contributed by atoms with E-state index in [1.807, 2.05) is 0 Å². The Morgan fingerprint density at radius 1 is 1.29 bits per heavy atom. The first-order valence-corrected chi connectivity index (χ1v) is 7.76. The zero-order valence-electron chi connectivity index (χ0n) is 13.5. The zero-order chi connectivity index (χ0) is 17.3. The van der Waals surface area contributed by atoms with Crippen LogP contribution in [0.4, 0.5) is 4.39 Å². The fourth-order valence-electron chi connectivity index (χ4n) is 2.75. The molecule has 2 aromatic rings. The summed E-state index contributed by atoms with van der Waals surface area (Å²) in [5, 5.41) is 0. The maximum Gasteiger partial charge on any atom is 0.339 e. The van der Waals surface area contributed by atoms with E-state index in [1.165, 1.54) is 12.1 Å². The maximum atomic E-state index is 13.6. The molecule has 0 bridgehead atoms. The van der Waals surface area contributed by atoms with Crippen LogP contribution in [0.1, 0.15) is 28.1 Å². The number of halogens is 1. The molecule has 2 heterocycles. The smallest absolute Gasteiger partial charge is 0.339 e. The van der Waals surface area contributed by atoms with Crippen molar-refractivity contribution in [2.45, 2.75) is 26.4 Å². The van der Waals surface area contributed by atoms with Gasteiger partial charge in [-0.25, -0.2) is 9.18 Å². The van der Waals surface area contributed by atoms with Gasteiger partial charge in [0.2, 0.25) is 0 Å². The second kappa shape index (κ2) is 6.47. The molecule has 1 atom stereocenters. The molecule has 1 aliphatic rings. The summed E-state index contributed by atoms with van der Waals surface area (Å²) in [5.74, 6) is 0.297. The molecule has 1 amide bonds. The average molecular weight is 331 g/mol. The molecule has 5 nitrogen and oxygen atoms in total. The molecule has 0 radical (unpaired) electrons. The number of carbonyl (C=O) groups is 1. The van der Waals surface area contributed by atoms with Gasteiger partial charge in [0.05, 0.1) is 12.6 Å². The Balaban J connectivity index is 1.67. The number of likely N-dealkylation sites (tertiary alicyclic amines) is 1. The van der Waals surface area contributed by atoms with Crippen LogP contribution in [0.15, 0.2) is 39.5 Å². The van der Waals surface area contributed by atoms with E-state index in [2.05, 4.69) is 0 Å². The van der Waals surface area contributed by atoms with Gasteiger partial charge in [-0.05, 0) is 31.5 Å². The third kappa shape index (κ3) is 3.48. The number of hydrogen-bond acceptors (Lipinski definition) is 4. The molecule has 0 N–H and O–H groups in total. The Kier molecular flexibility index (Phi) is 4.38. The predicted molar refractivity (Wildman–Crippen MR) is 85.8 cm³/mol. The summed E-state index contributed by atoms with van der Waals surface area (Å²) < 4.78 is 24.3. The highest BCUT2D eigenvalue weighted by molar-refractivity contribution is 5.94. The van der Waals surface area contributed by atoms with Crippen LogP contribution >= 0.6 is 0 Å². The van der Waals surface area contributed by atoms with Gasteiger partial charge in [-0.15, -0.1) is 0 Å². The first-order valence-electron chi connectivity index (χ1n) is 7.76. The van der Waals surface area contributed by atoms with Gasteiger partial charge in [0.1, 0.15) is 23.4 Å². The van der Waals surface area contributed by atoms with E-state index >= 15 is 0 Å². The number of ether oxygens (including phenoxy) is 1. The van der Waals surface area contributed by atoms with Crippen molar-refractivity contribution in [3.63, 3.8) is 0 Å². The summed E-state index contributed by atoms with van der Waals surface area (Å²) in [6, 6.07) is 7.41. The van der Waals surface area contributed by atoms with E-state index in [9.17, 15) is 14.0 Å². The summed E-state index contributed by atoms with van der Waals surface area (Å²) in [6.45, 7) is 4.25. The number of carbonyl (C=O) groups excluding carboxylic acids is 1. The van der Waals surface area contributed by atoms with Gasteiger partial charge in [0.15, 0.2) is 0 Å². The van der Waals surface area contributed by atoms with Crippen LogP contribution in [-0.4, -0.2) is 30.0 Å². The van der Waals surface area contributed by atoms with Crippen LogP contribution < -0.4 is 10.4 Å². The molecule has 1 unspecified atom stereocenters.